The molecule has 0 saturated carbocycles. The molecule has 0 fully saturated rings. The Morgan fingerprint density at radius 2 is 1.86 bits per heavy atom. The quantitative estimate of drug-likeness (QED) is 0.231. The van der Waals surface area contributed by atoms with Gasteiger partial charge in [0.1, 0.15) is 13.5 Å². The number of carbonyl (C=O) groups is 1. The number of hydrogen-bond acceptors (Lipinski definition) is 5. The van der Waals surface area contributed by atoms with Gasteiger partial charge in [0.05, 0.1) is 0 Å². The Morgan fingerprint density at radius 1 is 1.21 bits per heavy atom. The second kappa shape index (κ2) is 8.89. The third-order valence-corrected chi connectivity index (χ3v) is 1.63. The molecule has 0 bridgehead atoms. The standard InChI is InChI=1S/C8H19N3O3/c1-13-7-10(6-12)4-3-5-11(9)8-14-2/h6H,3-5,7-9H2,1-2H3. The van der Waals surface area contributed by atoms with Crippen LogP contribution in [0.2, 0.25) is 0 Å². The van der Waals surface area contributed by atoms with Gasteiger partial charge in [-0.25, -0.2) is 5.01 Å². The van der Waals surface area contributed by atoms with Gasteiger partial charge in [-0.15, -0.1) is 0 Å². The monoisotopic (exact) mass is 205 g/mol. The summed E-state index contributed by atoms with van der Waals surface area (Å²) in [5, 5.41) is 1.55. The zero-order valence-corrected chi connectivity index (χ0v) is 8.81. The van der Waals surface area contributed by atoms with E-state index >= 15 is 0 Å². The summed E-state index contributed by atoms with van der Waals surface area (Å²) in [6.45, 7) is 2.03. The van der Waals surface area contributed by atoms with E-state index in [2.05, 4.69) is 0 Å². The molecule has 0 aromatic heterocycles. The van der Waals surface area contributed by atoms with Crippen molar-refractivity contribution >= 4 is 6.41 Å². The molecule has 0 heterocycles. The minimum atomic E-state index is 0.318. The van der Waals surface area contributed by atoms with E-state index in [1.54, 1.807) is 24.1 Å². The van der Waals surface area contributed by atoms with Crippen molar-refractivity contribution < 1.29 is 14.3 Å². The molecule has 0 rings (SSSR count). The zero-order chi connectivity index (χ0) is 10.8. The van der Waals surface area contributed by atoms with Gasteiger partial charge < -0.3 is 14.4 Å². The van der Waals surface area contributed by atoms with Gasteiger partial charge in [-0.3, -0.25) is 10.6 Å². The first kappa shape index (κ1) is 13.3. The molecule has 14 heavy (non-hydrogen) atoms. The van der Waals surface area contributed by atoms with Crippen LogP contribution in [0.25, 0.3) is 0 Å². The Morgan fingerprint density at radius 3 is 2.36 bits per heavy atom. The average molecular weight is 205 g/mol. The molecule has 0 atom stereocenters. The summed E-state index contributed by atoms with van der Waals surface area (Å²) in [4.78, 5) is 12.0. The SMILES string of the molecule is COCN(N)CCCN(C=O)COC. The molecule has 1 amide bonds. The van der Waals surface area contributed by atoms with Crippen LogP contribution in [0, 0.1) is 0 Å². The fraction of sp³-hybridized carbons (Fsp3) is 0.875. The van der Waals surface area contributed by atoms with Crippen LogP contribution in [0.15, 0.2) is 0 Å². The van der Waals surface area contributed by atoms with E-state index in [4.69, 9.17) is 15.3 Å². The van der Waals surface area contributed by atoms with Crippen LogP contribution in [-0.4, -0.2) is 57.1 Å². The number of nitrogens with zero attached hydrogens (tertiary/aromatic N) is 2. The summed E-state index contributed by atoms with van der Waals surface area (Å²) in [5.74, 6) is 5.56. The second-order valence-corrected chi connectivity index (χ2v) is 2.92. The van der Waals surface area contributed by atoms with Gasteiger partial charge in [0, 0.05) is 27.3 Å². The fourth-order valence-electron chi connectivity index (χ4n) is 1.02. The van der Waals surface area contributed by atoms with Crippen molar-refractivity contribution in [3.05, 3.63) is 0 Å². The average Bonchev–Trinajstić information content (AvgIpc) is 2.17. The van der Waals surface area contributed by atoms with Crippen LogP contribution >= 0.6 is 0 Å². The minimum Gasteiger partial charge on any atom is -0.368 e. The molecular formula is C8H19N3O3. The predicted octanol–water partition coefficient (Wildman–Crippen LogP) is -0.782. The number of hydrogen-bond donors (Lipinski definition) is 1. The third-order valence-electron chi connectivity index (χ3n) is 1.63. The molecule has 0 radical (unpaired) electrons. The van der Waals surface area contributed by atoms with Crippen molar-refractivity contribution in [1.82, 2.24) is 9.91 Å². The van der Waals surface area contributed by atoms with Gasteiger partial charge in [-0.1, -0.05) is 0 Å². The minimum absolute atomic E-state index is 0.318. The van der Waals surface area contributed by atoms with E-state index in [1.165, 1.54) is 0 Å². The summed E-state index contributed by atoms with van der Waals surface area (Å²) in [7, 11) is 3.14. The van der Waals surface area contributed by atoms with Crippen LogP contribution in [0.1, 0.15) is 6.42 Å². The number of carbonyl (C=O) groups excluding carboxylic acids is 1. The Labute approximate surface area is 84.5 Å². The number of ether oxygens (including phenoxy) is 2. The highest BCUT2D eigenvalue weighted by molar-refractivity contribution is 5.46. The Kier molecular flexibility index (Phi) is 8.45. The van der Waals surface area contributed by atoms with Gasteiger partial charge in [-0.05, 0) is 6.42 Å². The third kappa shape index (κ3) is 6.79. The van der Waals surface area contributed by atoms with Crippen LogP contribution in [0.5, 0.6) is 0 Å². The topological polar surface area (TPSA) is 68.0 Å². The van der Waals surface area contributed by atoms with E-state index in [1.807, 2.05) is 0 Å². The second-order valence-electron chi connectivity index (χ2n) is 2.92. The van der Waals surface area contributed by atoms with Crippen molar-refractivity contribution in [2.45, 2.75) is 6.42 Å². The number of hydrazine groups is 1. The maximum atomic E-state index is 10.5. The highest BCUT2D eigenvalue weighted by Crippen LogP contribution is 1.90. The Balaban J connectivity index is 3.44. The Bertz CT molecular complexity index is 146. The maximum absolute atomic E-state index is 10.5. The van der Waals surface area contributed by atoms with Gasteiger partial charge >= 0.3 is 0 Å². The van der Waals surface area contributed by atoms with E-state index in [-0.39, 0.29) is 0 Å². The molecule has 0 aromatic carbocycles. The number of rotatable bonds is 9. The smallest absolute Gasteiger partial charge is 0.211 e. The number of amides is 1. The molecule has 0 aliphatic carbocycles. The molecule has 6 heteroatoms. The van der Waals surface area contributed by atoms with Crippen molar-refractivity contribution in [1.29, 1.82) is 0 Å². The lowest BCUT2D eigenvalue weighted by Crippen LogP contribution is -2.36. The van der Waals surface area contributed by atoms with Crippen molar-refractivity contribution in [2.24, 2.45) is 5.84 Å². The molecule has 2 N–H and O–H groups in total. The van der Waals surface area contributed by atoms with Gasteiger partial charge in [0.2, 0.25) is 6.41 Å². The molecule has 0 unspecified atom stereocenters. The van der Waals surface area contributed by atoms with Crippen molar-refractivity contribution in [3.63, 3.8) is 0 Å². The first-order valence-corrected chi connectivity index (χ1v) is 4.41. The fourth-order valence-corrected chi connectivity index (χ4v) is 1.02. The molecule has 6 nitrogen and oxygen atoms in total. The molecule has 0 aromatic rings. The lowest BCUT2D eigenvalue weighted by Gasteiger charge is -2.18. The Hall–Kier alpha value is -0.690. The highest BCUT2D eigenvalue weighted by Gasteiger charge is 2.02. The predicted molar refractivity (Wildman–Crippen MR) is 52.0 cm³/mol. The van der Waals surface area contributed by atoms with E-state index < -0.39 is 0 Å². The first-order chi connectivity index (χ1) is 6.74. The molecule has 0 spiro atoms. The lowest BCUT2D eigenvalue weighted by molar-refractivity contribution is -0.122. The molecule has 0 aliphatic rings. The number of methoxy groups -OCH3 is 2. The highest BCUT2D eigenvalue weighted by atomic mass is 16.5. The summed E-state index contributed by atoms with van der Waals surface area (Å²) in [6.07, 6.45) is 1.56. The number of nitrogens with two attached hydrogens (primary N) is 1. The normalized spacial score (nSPS) is 10.6. The van der Waals surface area contributed by atoms with Crippen LogP contribution in [0.3, 0.4) is 0 Å². The molecular weight excluding hydrogens is 186 g/mol. The van der Waals surface area contributed by atoms with Gasteiger partial charge in [-0.2, -0.15) is 0 Å². The van der Waals surface area contributed by atoms with Gasteiger partial charge in [0.15, 0.2) is 0 Å². The molecule has 0 saturated heterocycles. The van der Waals surface area contributed by atoms with E-state index in [0.717, 1.165) is 12.8 Å². The van der Waals surface area contributed by atoms with Crippen LogP contribution < -0.4 is 5.84 Å². The summed E-state index contributed by atoms with van der Waals surface area (Å²) in [6, 6.07) is 0. The van der Waals surface area contributed by atoms with Gasteiger partial charge in [0.25, 0.3) is 0 Å². The lowest BCUT2D eigenvalue weighted by atomic mass is 10.4. The summed E-state index contributed by atoms with van der Waals surface area (Å²) >= 11 is 0. The van der Waals surface area contributed by atoms with E-state index in [0.29, 0.717) is 26.6 Å². The first-order valence-electron chi connectivity index (χ1n) is 4.41. The maximum Gasteiger partial charge on any atom is 0.211 e. The summed E-state index contributed by atoms with van der Waals surface area (Å²) in [5.41, 5.74) is 0. The molecule has 0 aliphatic heterocycles. The largest absolute Gasteiger partial charge is 0.368 e. The van der Waals surface area contributed by atoms with Crippen molar-refractivity contribution in [3.8, 4) is 0 Å². The molecule has 84 valence electrons. The van der Waals surface area contributed by atoms with Crippen LogP contribution in [0.4, 0.5) is 0 Å². The zero-order valence-electron chi connectivity index (χ0n) is 8.81. The summed E-state index contributed by atoms with van der Waals surface area (Å²) < 4.78 is 9.65. The van der Waals surface area contributed by atoms with E-state index in [9.17, 15) is 4.79 Å². The van der Waals surface area contributed by atoms with Crippen LogP contribution in [-0.2, 0) is 14.3 Å². The van der Waals surface area contributed by atoms with Crippen molar-refractivity contribution in [2.75, 3.05) is 40.8 Å².